The van der Waals surface area contributed by atoms with Crippen molar-refractivity contribution in [1.29, 1.82) is 0 Å². The average molecular weight is 262 g/mol. The van der Waals surface area contributed by atoms with Crippen molar-refractivity contribution in [3.05, 3.63) is 29.8 Å². The van der Waals surface area contributed by atoms with Crippen molar-refractivity contribution in [2.24, 2.45) is 5.73 Å². The molecule has 0 saturated carbocycles. The minimum atomic E-state index is -0.224. The van der Waals surface area contributed by atoms with E-state index in [1.54, 1.807) is 13.2 Å². The Morgan fingerprint density at radius 1 is 1.47 bits per heavy atom. The fraction of sp³-hybridized carbons (Fsp3) is 0.533. The van der Waals surface area contributed by atoms with Gasteiger partial charge in [-0.15, -0.1) is 0 Å². The Kier molecular flexibility index (Phi) is 4.10. The van der Waals surface area contributed by atoms with E-state index in [1.807, 2.05) is 23.1 Å². The maximum atomic E-state index is 12.7. The van der Waals surface area contributed by atoms with Crippen LogP contribution in [-0.4, -0.2) is 36.5 Å². The SMILES string of the molecule is COc1cccc(C(=O)N2CCCCC2(C)CN)c1. The van der Waals surface area contributed by atoms with Crippen LogP contribution in [0.2, 0.25) is 0 Å². The zero-order chi connectivity index (χ0) is 13.9. The van der Waals surface area contributed by atoms with Crippen LogP contribution in [-0.2, 0) is 0 Å². The number of nitrogens with zero attached hydrogens (tertiary/aromatic N) is 1. The van der Waals surface area contributed by atoms with Gasteiger partial charge >= 0.3 is 0 Å². The lowest BCUT2D eigenvalue weighted by Crippen LogP contribution is -2.56. The highest BCUT2D eigenvalue weighted by atomic mass is 16.5. The maximum Gasteiger partial charge on any atom is 0.254 e. The Morgan fingerprint density at radius 2 is 2.26 bits per heavy atom. The number of methoxy groups -OCH3 is 1. The highest BCUT2D eigenvalue weighted by Gasteiger charge is 2.36. The second-order valence-electron chi connectivity index (χ2n) is 5.35. The molecule has 2 N–H and O–H groups in total. The highest BCUT2D eigenvalue weighted by Crippen LogP contribution is 2.29. The number of benzene rings is 1. The van der Waals surface area contributed by atoms with Gasteiger partial charge in [0.05, 0.1) is 12.6 Å². The van der Waals surface area contributed by atoms with E-state index >= 15 is 0 Å². The van der Waals surface area contributed by atoms with Crippen molar-refractivity contribution in [3.8, 4) is 5.75 Å². The predicted octanol–water partition coefficient (Wildman–Crippen LogP) is 2.04. The van der Waals surface area contributed by atoms with Crippen LogP contribution in [0.3, 0.4) is 0 Å². The number of piperidine rings is 1. The Morgan fingerprint density at radius 3 is 2.95 bits per heavy atom. The minimum absolute atomic E-state index is 0.0477. The van der Waals surface area contributed by atoms with E-state index in [1.165, 1.54) is 0 Å². The molecule has 0 aliphatic carbocycles. The number of carbonyl (C=O) groups excluding carboxylic acids is 1. The summed E-state index contributed by atoms with van der Waals surface area (Å²) in [6.07, 6.45) is 3.15. The van der Waals surface area contributed by atoms with E-state index in [0.29, 0.717) is 17.9 Å². The van der Waals surface area contributed by atoms with Gasteiger partial charge < -0.3 is 15.4 Å². The molecule has 1 aromatic carbocycles. The van der Waals surface area contributed by atoms with Crippen LogP contribution < -0.4 is 10.5 Å². The second-order valence-corrected chi connectivity index (χ2v) is 5.35. The molecule has 4 nitrogen and oxygen atoms in total. The molecule has 1 amide bonds. The lowest BCUT2D eigenvalue weighted by atomic mass is 9.88. The molecule has 1 heterocycles. The lowest BCUT2D eigenvalue weighted by molar-refractivity contribution is 0.0403. The Bertz CT molecular complexity index is 461. The first kappa shape index (κ1) is 13.9. The summed E-state index contributed by atoms with van der Waals surface area (Å²) in [5.41, 5.74) is 6.32. The Balaban J connectivity index is 2.26. The van der Waals surface area contributed by atoms with Gasteiger partial charge in [-0.05, 0) is 44.4 Å². The topological polar surface area (TPSA) is 55.6 Å². The zero-order valence-corrected chi connectivity index (χ0v) is 11.7. The quantitative estimate of drug-likeness (QED) is 0.907. The summed E-state index contributed by atoms with van der Waals surface area (Å²) in [6.45, 7) is 3.36. The third kappa shape index (κ3) is 2.73. The van der Waals surface area contributed by atoms with Gasteiger partial charge in [-0.2, -0.15) is 0 Å². The fourth-order valence-electron chi connectivity index (χ4n) is 2.65. The average Bonchev–Trinajstić information content (AvgIpc) is 2.47. The summed E-state index contributed by atoms with van der Waals surface area (Å²) in [4.78, 5) is 14.6. The molecular formula is C15H22N2O2. The monoisotopic (exact) mass is 262 g/mol. The van der Waals surface area contributed by atoms with E-state index in [9.17, 15) is 4.79 Å². The van der Waals surface area contributed by atoms with Gasteiger partial charge in [-0.1, -0.05) is 6.07 Å². The number of hydrogen-bond acceptors (Lipinski definition) is 3. The van der Waals surface area contributed by atoms with Gasteiger partial charge in [0.25, 0.3) is 5.91 Å². The summed E-state index contributed by atoms with van der Waals surface area (Å²) in [6, 6.07) is 7.30. The highest BCUT2D eigenvalue weighted by molar-refractivity contribution is 5.95. The molecule has 0 bridgehead atoms. The molecule has 4 heteroatoms. The molecule has 0 radical (unpaired) electrons. The third-order valence-corrected chi connectivity index (χ3v) is 4.00. The van der Waals surface area contributed by atoms with Crippen molar-refractivity contribution < 1.29 is 9.53 Å². The van der Waals surface area contributed by atoms with Crippen LogP contribution in [0.1, 0.15) is 36.5 Å². The van der Waals surface area contributed by atoms with Crippen LogP contribution in [0, 0.1) is 0 Å². The zero-order valence-electron chi connectivity index (χ0n) is 11.7. The summed E-state index contributed by atoms with van der Waals surface area (Å²) in [5, 5.41) is 0. The largest absolute Gasteiger partial charge is 0.497 e. The number of rotatable bonds is 3. The number of hydrogen-bond donors (Lipinski definition) is 1. The molecule has 1 aliphatic rings. The van der Waals surface area contributed by atoms with Gasteiger partial charge in [0.1, 0.15) is 5.75 Å². The molecule has 1 aliphatic heterocycles. The molecule has 1 atom stereocenters. The number of nitrogens with two attached hydrogens (primary N) is 1. The summed E-state index contributed by atoms with van der Waals surface area (Å²) >= 11 is 0. The van der Waals surface area contributed by atoms with E-state index in [2.05, 4.69) is 6.92 Å². The number of amides is 1. The first-order valence-corrected chi connectivity index (χ1v) is 6.77. The Labute approximate surface area is 114 Å². The smallest absolute Gasteiger partial charge is 0.254 e. The molecule has 104 valence electrons. The van der Waals surface area contributed by atoms with E-state index < -0.39 is 0 Å². The van der Waals surface area contributed by atoms with Crippen molar-refractivity contribution in [3.63, 3.8) is 0 Å². The van der Waals surface area contributed by atoms with Crippen molar-refractivity contribution in [2.45, 2.75) is 31.7 Å². The molecule has 1 unspecified atom stereocenters. The van der Waals surface area contributed by atoms with Crippen LogP contribution in [0.5, 0.6) is 5.75 Å². The van der Waals surface area contributed by atoms with Crippen LogP contribution >= 0.6 is 0 Å². The fourth-order valence-corrected chi connectivity index (χ4v) is 2.65. The molecule has 1 aromatic rings. The lowest BCUT2D eigenvalue weighted by Gasteiger charge is -2.44. The first-order chi connectivity index (χ1) is 9.10. The summed E-state index contributed by atoms with van der Waals surface area (Å²) in [7, 11) is 1.61. The number of likely N-dealkylation sites (tertiary alicyclic amines) is 1. The maximum absolute atomic E-state index is 12.7. The van der Waals surface area contributed by atoms with Crippen LogP contribution in [0.15, 0.2) is 24.3 Å². The van der Waals surface area contributed by atoms with Crippen LogP contribution in [0.4, 0.5) is 0 Å². The minimum Gasteiger partial charge on any atom is -0.497 e. The summed E-state index contributed by atoms with van der Waals surface area (Å²) in [5.74, 6) is 0.754. The summed E-state index contributed by atoms with van der Waals surface area (Å²) < 4.78 is 5.18. The normalized spacial score (nSPS) is 23.2. The Hall–Kier alpha value is -1.55. The van der Waals surface area contributed by atoms with Crippen molar-refractivity contribution in [2.75, 3.05) is 20.2 Å². The first-order valence-electron chi connectivity index (χ1n) is 6.77. The number of carbonyl (C=O) groups is 1. The van der Waals surface area contributed by atoms with Gasteiger partial charge in [0.2, 0.25) is 0 Å². The standard InChI is InChI=1S/C15H22N2O2/c1-15(11-16)8-3-4-9-17(15)14(18)12-6-5-7-13(10-12)19-2/h5-7,10H,3-4,8-9,11,16H2,1-2H3. The predicted molar refractivity (Wildman–Crippen MR) is 75.3 cm³/mol. The second kappa shape index (κ2) is 5.61. The van der Waals surface area contributed by atoms with E-state index in [4.69, 9.17) is 10.5 Å². The molecular weight excluding hydrogens is 240 g/mol. The van der Waals surface area contributed by atoms with Crippen LogP contribution in [0.25, 0.3) is 0 Å². The molecule has 0 spiro atoms. The third-order valence-electron chi connectivity index (χ3n) is 4.00. The van der Waals surface area contributed by atoms with Gasteiger partial charge in [0, 0.05) is 18.7 Å². The molecule has 2 rings (SSSR count). The molecule has 1 saturated heterocycles. The molecule has 1 fully saturated rings. The number of ether oxygens (including phenoxy) is 1. The molecule has 19 heavy (non-hydrogen) atoms. The van der Waals surface area contributed by atoms with Crippen molar-refractivity contribution in [1.82, 2.24) is 4.90 Å². The van der Waals surface area contributed by atoms with Gasteiger partial charge in [-0.25, -0.2) is 0 Å². The van der Waals surface area contributed by atoms with E-state index in [-0.39, 0.29) is 11.4 Å². The van der Waals surface area contributed by atoms with Gasteiger partial charge in [0.15, 0.2) is 0 Å². The van der Waals surface area contributed by atoms with E-state index in [0.717, 1.165) is 25.8 Å². The molecule has 0 aromatic heterocycles. The van der Waals surface area contributed by atoms with Gasteiger partial charge in [-0.3, -0.25) is 4.79 Å². The van der Waals surface area contributed by atoms with Crippen molar-refractivity contribution >= 4 is 5.91 Å².